The van der Waals surface area contributed by atoms with Crippen LogP contribution in [0.25, 0.3) is 0 Å². The van der Waals surface area contributed by atoms with Gasteiger partial charge in [-0.15, -0.1) is 0 Å². The zero-order valence-corrected chi connectivity index (χ0v) is 11.0. The van der Waals surface area contributed by atoms with Crippen LogP contribution in [0, 0.1) is 18.6 Å². The Morgan fingerprint density at radius 3 is 2.74 bits per heavy atom. The predicted octanol–water partition coefficient (Wildman–Crippen LogP) is 2.82. The van der Waals surface area contributed by atoms with Gasteiger partial charge in [0.2, 0.25) is 0 Å². The predicted molar refractivity (Wildman–Crippen MR) is 69.7 cm³/mol. The van der Waals surface area contributed by atoms with Gasteiger partial charge in [-0.25, -0.2) is 8.78 Å². The summed E-state index contributed by atoms with van der Waals surface area (Å²) in [6, 6.07) is 3.94. The molecule has 0 saturated heterocycles. The van der Waals surface area contributed by atoms with Crippen molar-refractivity contribution in [3.63, 3.8) is 0 Å². The zero-order valence-electron chi connectivity index (χ0n) is 11.0. The van der Waals surface area contributed by atoms with Crippen LogP contribution in [-0.4, -0.2) is 16.3 Å². The van der Waals surface area contributed by atoms with Gasteiger partial charge in [-0.3, -0.25) is 4.68 Å². The largest absolute Gasteiger partial charge is 0.308 e. The van der Waals surface area contributed by atoms with Crippen molar-refractivity contribution in [1.29, 1.82) is 0 Å². The van der Waals surface area contributed by atoms with Gasteiger partial charge in [-0.05, 0) is 37.1 Å². The van der Waals surface area contributed by atoms with E-state index in [-0.39, 0.29) is 6.04 Å². The van der Waals surface area contributed by atoms with Crippen molar-refractivity contribution >= 4 is 0 Å². The number of hydrogen-bond donors (Lipinski definition) is 1. The Morgan fingerprint density at radius 2 is 2.11 bits per heavy atom. The first-order chi connectivity index (χ1) is 9.06. The van der Waals surface area contributed by atoms with Crippen LogP contribution in [0.3, 0.4) is 0 Å². The second-order valence-corrected chi connectivity index (χ2v) is 4.63. The van der Waals surface area contributed by atoms with Gasteiger partial charge in [0, 0.05) is 18.8 Å². The SMILES string of the molecule is Cc1cnn(CCN[C@@H](C)c2ccc(F)c(F)c2)c1. The molecule has 2 aromatic rings. The normalized spacial score (nSPS) is 12.6. The highest BCUT2D eigenvalue weighted by atomic mass is 19.2. The fourth-order valence-electron chi connectivity index (χ4n) is 1.88. The fourth-order valence-corrected chi connectivity index (χ4v) is 1.88. The van der Waals surface area contributed by atoms with Crippen LogP contribution in [0.1, 0.15) is 24.1 Å². The summed E-state index contributed by atoms with van der Waals surface area (Å²) in [5, 5.41) is 7.43. The molecule has 5 heteroatoms. The number of halogens is 2. The number of nitrogens with one attached hydrogen (secondary N) is 1. The molecule has 102 valence electrons. The van der Waals surface area contributed by atoms with Crippen molar-refractivity contribution in [1.82, 2.24) is 15.1 Å². The van der Waals surface area contributed by atoms with Crippen LogP contribution in [0.2, 0.25) is 0 Å². The molecule has 0 aliphatic heterocycles. The number of aromatic nitrogens is 2. The first-order valence-electron chi connectivity index (χ1n) is 6.23. The highest BCUT2D eigenvalue weighted by Gasteiger charge is 2.08. The third kappa shape index (κ3) is 3.61. The van der Waals surface area contributed by atoms with Crippen LogP contribution < -0.4 is 5.32 Å². The fraction of sp³-hybridized carbons (Fsp3) is 0.357. The van der Waals surface area contributed by atoms with Gasteiger partial charge in [0.25, 0.3) is 0 Å². The topological polar surface area (TPSA) is 29.9 Å². The van der Waals surface area contributed by atoms with E-state index < -0.39 is 11.6 Å². The molecule has 1 aromatic carbocycles. The highest BCUT2D eigenvalue weighted by molar-refractivity contribution is 5.20. The standard InChI is InChI=1S/C14H17F2N3/c1-10-8-18-19(9-10)6-5-17-11(2)12-3-4-13(15)14(16)7-12/h3-4,7-9,11,17H,5-6H2,1-2H3/t11-/m0/s1. The lowest BCUT2D eigenvalue weighted by atomic mass is 10.1. The number of hydrogen-bond acceptors (Lipinski definition) is 2. The number of nitrogens with zero attached hydrogens (tertiary/aromatic N) is 2. The minimum Gasteiger partial charge on any atom is -0.308 e. The molecule has 0 aliphatic carbocycles. The van der Waals surface area contributed by atoms with Gasteiger partial charge in [0.15, 0.2) is 11.6 Å². The van der Waals surface area contributed by atoms with E-state index >= 15 is 0 Å². The van der Waals surface area contributed by atoms with Crippen LogP contribution in [0.15, 0.2) is 30.6 Å². The molecule has 0 amide bonds. The minimum atomic E-state index is -0.817. The molecule has 19 heavy (non-hydrogen) atoms. The lowest BCUT2D eigenvalue weighted by Gasteiger charge is -2.14. The molecule has 0 fully saturated rings. The van der Waals surface area contributed by atoms with Crippen molar-refractivity contribution in [2.75, 3.05) is 6.54 Å². The first kappa shape index (κ1) is 13.7. The Hall–Kier alpha value is -1.75. The molecule has 2 rings (SSSR count). The van der Waals surface area contributed by atoms with E-state index in [1.807, 2.05) is 24.7 Å². The molecule has 0 spiro atoms. The third-order valence-electron chi connectivity index (χ3n) is 3.00. The van der Waals surface area contributed by atoms with Crippen molar-refractivity contribution in [3.05, 3.63) is 53.4 Å². The van der Waals surface area contributed by atoms with Gasteiger partial charge in [-0.2, -0.15) is 5.10 Å². The summed E-state index contributed by atoms with van der Waals surface area (Å²) in [6.45, 7) is 5.35. The molecule has 0 unspecified atom stereocenters. The Morgan fingerprint density at radius 1 is 1.32 bits per heavy atom. The molecule has 0 bridgehead atoms. The average Bonchev–Trinajstić information content (AvgIpc) is 2.78. The molecule has 1 N–H and O–H groups in total. The van der Waals surface area contributed by atoms with E-state index in [2.05, 4.69) is 10.4 Å². The maximum Gasteiger partial charge on any atom is 0.159 e. The van der Waals surface area contributed by atoms with E-state index in [1.54, 1.807) is 12.3 Å². The van der Waals surface area contributed by atoms with Crippen molar-refractivity contribution in [2.24, 2.45) is 0 Å². The van der Waals surface area contributed by atoms with Crippen LogP contribution in [0.5, 0.6) is 0 Å². The monoisotopic (exact) mass is 265 g/mol. The highest BCUT2D eigenvalue weighted by Crippen LogP contribution is 2.15. The smallest absolute Gasteiger partial charge is 0.159 e. The van der Waals surface area contributed by atoms with Gasteiger partial charge >= 0.3 is 0 Å². The second kappa shape index (κ2) is 5.93. The number of rotatable bonds is 5. The molecule has 0 saturated carbocycles. The summed E-state index contributed by atoms with van der Waals surface area (Å²) in [5.41, 5.74) is 1.85. The Kier molecular flexibility index (Phi) is 4.27. The summed E-state index contributed by atoms with van der Waals surface area (Å²) in [7, 11) is 0. The average molecular weight is 265 g/mol. The quantitative estimate of drug-likeness (QED) is 0.901. The summed E-state index contributed by atoms with van der Waals surface area (Å²) in [6.07, 6.45) is 3.77. The van der Waals surface area contributed by atoms with Crippen LogP contribution in [-0.2, 0) is 6.54 Å². The number of benzene rings is 1. The summed E-state index contributed by atoms with van der Waals surface area (Å²) in [4.78, 5) is 0. The lowest BCUT2D eigenvalue weighted by molar-refractivity contribution is 0.490. The van der Waals surface area contributed by atoms with Gasteiger partial charge in [0.1, 0.15) is 0 Å². The van der Waals surface area contributed by atoms with Gasteiger partial charge < -0.3 is 5.32 Å². The molecular formula is C14H17F2N3. The van der Waals surface area contributed by atoms with Crippen molar-refractivity contribution < 1.29 is 8.78 Å². The van der Waals surface area contributed by atoms with E-state index in [1.165, 1.54) is 6.07 Å². The van der Waals surface area contributed by atoms with Crippen LogP contribution >= 0.6 is 0 Å². The van der Waals surface area contributed by atoms with E-state index in [0.717, 1.165) is 23.7 Å². The van der Waals surface area contributed by atoms with E-state index in [4.69, 9.17) is 0 Å². The molecule has 3 nitrogen and oxygen atoms in total. The Labute approximate surface area is 111 Å². The van der Waals surface area contributed by atoms with E-state index in [0.29, 0.717) is 6.54 Å². The second-order valence-electron chi connectivity index (χ2n) is 4.63. The molecule has 1 atom stereocenters. The molecule has 0 aliphatic rings. The zero-order chi connectivity index (χ0) is 13.8. The summed E-state index contributed by atoms with van der Waals surface area (Å²) >= 11 is 0. The van der Waals surface area contributed by atoms with Gasteiger partial charge in [0.05, 0.1) is 12.7 Å². The first-order valence-corrected chi connectivity index (χ1v) is 6.23. The van der Waals surface area contributed by atoms with E-state index in [9.17, 15) is 8.78 Å². The van der Waals surface area contributed by atoms with Gasteiger partial charge in [-0.1, -0.05) is 6.07 Å². The number of aryl methyl sites for hydroxylation is 1. The van der Waals surface area contributed by atoms with Crippen molar-refractivity contribution in [2.45, 2.75) is 26.4 Å². The maximum absolute atomic E-state index is 13.1. The molecular weight excluding hydrogens is 248 g/mol. The van der Waals surface area contributed by atoms with Crippen molar-refractivity contribution in [3.8, 4) is 0 Å². The molecule has 1 heterocycles. The molecule has 0 radical (unpaired) electrons. The Bertz CT molecular complexity index is 551. The maximum atomic E-state index is 13.1. The van der Waals surface area contributed by atoms with Crippen LogP contribution in [0.4, 0.5) is 8.78 Å². The lowest BCUT2D eigenvalue weighted by Crippen LogP contribution is -2.23. The Balaban J connectivity index is 1.86. The summed E-state index contributed by atoms with van der Waals surface area (Å²) in [5.74, 6) is -1.63. The molecule has 1 aromatic heterocycles. The summed E-state index contributed by atoms with van der Waals surface area (Å²) < 4.78 is 27.8. The minimum absolute atomic E-state index is 0.0354. The third-order valence-corrected chi connectivity index (χ3v) is 3.00.